The summed E-state index contributed by atoms with van der Waals surface area (Å²) in [6, 6.07) is 11.3. The fourth-order valence-corrected chi connectivity index (χ4v) is 5.36. The fourth-order valence-electron chi connectivity index (χ4n) is 5.36. The van der Waals surface area contributed by atoms with Crippen LogP contribution in [-0.4, -0.2) is 53.6 Å². The number of methoxy groups -OCH3 is 1. The standard InChI is InChI=1S/C30H28N4O6/c1-4-25(36)32-30(18(2)35,22-10-11-22)21-8-5-19(6-9-21)13-14-29(27(38)31-28(39)33-29)17-34-16-20-7-12-23(40-3)15-24(20)26(34)37/h4-9,12,15,22H,1,10-11,16-17H2,2-3H3,(H,32,36)(H2,31,33,38,39)/t29-,30?/m1/s1. The lowest BCUT2D eigenvalue weighted by Crippen LogP contribution is -2.54. The Labute approximate surface area is 231 Å². The topological polar surface area (TPSA) is 134 Å². The number of carbonyl (C=O) groups is 5. The summed E-state index contributed by atoms with van der Waals surface area (Å²) >= 11 is 0. The highest BCUT2D eigenvalue weighted by Crippen LogP contribution is 2.46. The molecule has 2 heterocycles. The Morgan fingerprint density at radius 2 is 1.93 bits per heavy atom. The summed E-state index contributed by atoms with van der Waals surface area (Å²) < 4.78 is 5.22. The lowest BCUT2D eigenvalue weighted by atomic mass is 9.81. The zero-order chi connectivity index (χ0) is 28.7. The molecule has 2 aromatic carbocycles. The minimum absolute atomic E-state index is 0.0198. The Kier molecular flexibility index (Phi) is 6.67. The number of nitrogens with one attached hydrogen (secondary N) is 3. The van der Waals surface area contributed by atoms with Crippen LogP contribution in [0.3, 0.4) is 0 Å². The fraction of sp³-hybridized carbons (Fsp3) is 0.300. The van der Waals surface area contributed by atoms with Gasteiger partial charge in [-0.05, 0) is 67.2 Å². The quantitative estimate of drug-likeness (QED) is 0.266. The number of Topliss-reactive ketones (excluding diaryl/α,β-unsaturated/α-hetero) is 1. The number of ether oxygens (including phenoxy) is 1. The van der Waals surface area contributed by atoms with E-state index in [1.165, 1.54) is 18.9 Å². The zero-order valence-electron chi connectivity index (χ0n) is 22.1. The van der Waals surface area contributed by atoms with E-state index >= 15 is 0 Å². The molecule has 0 aromatic heterocycles. The van der Waals surface area contributed by atoms with Gasteiger partial charge in [0.15, 0.2) is 5.78 Å². The summed E-state index contributed by atoms with van der Waals surface area (Å²) in [5.41, 5.74) is -0.432. The van der Waals surface area contributed by atoms with E-state index in [-0.39, 0.29) is 30.7 Å². The molecule has 2 atom stereocenters. The van der Waals surface area contributed by atoms with E-state index in [4.69, 9.17) is 4.74 Å². The molecule has 5 rings (SSSR count). The van der Waals surface area contributed by atoms with Crippen molar-refractivity contribution in [3.05, 3.63) is 77.4 Å². The molecule has 10 nitrogen and oxygen atoms in total. The molecule has 40 heavy (non-hydrogen) atoms. The molecule has 10 heteroatoms. The molecule has 1 aliphatic carbocycles. The number of nitrogens with zero attached hydrogens (tertiary/aromatic N) is 1. The Morgan fingerprint density at radius 1 is 1.20 bits per heavy atom. The molecule has 2 fully saturated rings. The highest BCUT2D eigenvalue weighted by Gasteiger charge is 2.51. The highest BCUT2D eigenvalue weighted by molar-refractivity contribution is 6.10. The summed E-state index contributed by atoms with van der Waals surface area (Å²) in [7, 11) is 1.51. The lowest BCUT2D eigenvalue weighted by molar-refractivity contribution is -0.130. The minimum atomic E-state index is -1.66. The monoisotopic (exact) mass is 540 g/mol. The highest BCUT2D eigenvalue weighted by atomic mass is 16.5. The van der Waals surface area contributed by atoms with Crippen molar-refractivity contribution in [2.75, 3.05) is 13.7 Å². The van der Waals surface area contributed by atoms with E-state index in [9.17, 15) is 24.0 Å². The van der Waals surface area contributed by atoms with Gasteiger partial charge in [-0.3, -0.25) is 24.5 Å². The van der Waals surface area contributed by atoms with Gasteiger partial charge in [-0.1, -0.05) is 36.6 Å². The third kappa shape index (κ3) is 4.60. The molecule has 2 aliphatic heterocycles. The average molecular weight is 541 g/mol. The first-order valence-electron chi connectivity index (χ1n) is 12.8. The van der Waals surface area contributed by atoms with Crippen molar-refractivity contribution < 1.29 is 28.7 Å². The second kappa shape index (κ2) is 10.0. The van der Waals surface area contributed by atoms with Crippen LogP contribution >= 0.6 is 0 Å². The first-order valence-corrected chi connectivity index (χ1v) is 12.8. The van der Waals surface area contributed by atoms with E-state index in [0.29, 0.717) is 22.4 Å². The maximum absolute atomic E-state index is 13.1. The van der Waals surface area contributed by atoms with Gasteiger partial charge in [-0.2, -0.15) is 0 Å². The Morgan fingerprint density at radius 3 is 2.50 bits per heavy atom. The number of hydrogen-bond acceptors (Lipinski definition) is 6. The zero-order valence-corrected chi connectivity index (χ0v) is 22.1. The Bertz CT molecular complexity index is 1520. The van der Waals surface area contributed by atoms with Gasteiger partial charge in [0.05, 0.1) is 13.7 Å². The summed E-state index contributed by atoms with van der Waals surface area (Å²) in [6.07, 6.45) is 2.75. The smallest absolute Gasteiger partial charge is 0.323 e. The molecular weight excluding hydrogens is 512 g/mol. The molecule has 3 N–H and O–H groups in total. The molecule has 0 radical (unpaired) electrons. The van der Waals surface area contributed by atoms with E-state index in [1.54, 1.807) is 42.5 Å². The molecule has 204 valence electrons. The molecule has 1 saturated heterocycles. The van der Waals surface area contributed by atoms with Gasteiger partial charge in [-0.25, -0.2) is 4.79 Å². The van der Waals surface area contributed by atoms with Crippen molar-refractivity contribution in [2.24, 2.45) is 5.92 Å². The summed E-state index contributed by atoms with van der Waals surface area (Å²) in [4.78, 5) is 64.7. The van der Waals surface area contributed by atoms with Crippen LogP contribution in [0, 0.1) is 17.8 Å². The number of hydrogen-bond donors (Lipinski definition) is 3. The van der Waals surface area contributed by atoms with Crippen molar-refractivity contribution in [3.63, 3.8) is 0 Å². The number of fused-ring (bicyclic) bond motifs is 1. The van der Waals surface area contributed by atoms with Crippen LogP contribution in [0.1, 0.15) is 46.8 Å². The second-order valence-electron chi connectivity index (χ2n) is 10.2. The van der Waals surface area contributed by atoms with Gasteiger partial charge < -0.3 is 20.3 Å². The van der Waals surface area contributed by atoms with Crippen molar-refractivity contribution in [3.8, 4) is 17.6 Å². The first kappa shape index (κ1) is 26.7. The van der Waals surface area contributed by atoms with E-state index < -0.39 is 28.9 Å². The van der Waals surface area contributed by atoms with Crippen molar-refractivity contribution >= 4 is 29.5 Å². The number of carbonyl (C=O) groups excluding carboxylic acids is 5. The lowest BCUT2D eigenvalue weighted by Gasteiger charge is -2.33. The van der Waals surface area contributed by atoms with Crippen LogP contribution in [0.4, 0.5) is 4.79 Å². The van der Waals surface area contributed by atoms with E-state index in [0.717, 1.165) is 24.5 Å². The SMILES string of the molecule is C=CC(=O)NC(C(C)=O)(c1ccc(C#C[C@]2(CN3Cc4ccc(OC)cc4C3=O)NC(=O)NC2=O)cc1)C1CC1. The number of imide groups is 1. The minimum Gasteiger partial charge on any atom is -0.497 e. The number of benzene rings is 2. The molecule has 3 aliphatic rings. The van der Waals surface area contributed by atoms with Crippen LogP contribution < -0.4 is 20.7 Å². The van der Waals surface area contributed by atoms with Crippen molar-refractivity contribution in [1.29, 1.82) is 0 Å². The summed E-state index contributed by atoms with van der Waals surface area (Å²) in [6.45, 7) is 5.05. The first-order chi connectivity index (χ1) is 19.1. The summed E-state index contributed by atoms with van der Waals surface area (Å²) in [5.74, 6) is 4.78. The molecule has 2 aromatic rings. The van der Waals surface area contributed by atoms with Crippen LogP contribution in [0.5, 0.6) is 5.75 Å². The largest absolute Gasteiger partial charge is 0.497 e. The van der Waals surface area contributed by atoms with Crippen LogP contribution in [0.25, 0.3) is 0 Å². The molecule has 0 spiro atoms. The van der Waals surface area contributed by atoms with Crippen molar-refractivity contribution in [2.45, 2.75) is 37.4 Å². The number of ketones is 1. The maximum Gasteiger partial charge on any atom is 0.323 e. The van der Waals surface area contributed by atoms with Gasteiger partial charge in [0.25, 0.3) is 11.8 Å². The predicted octanol–water partition coefficient (Wildman–Crippen LogP) is 1.78. The van der Waals surface area contributed by atoms with E-state index in [1.807, 2.05) is 0 Å². The summed E-state index contributed by atoms with van der Waals surface area (Å²) in [5, 5.41) is 7.66. The maximum atomic E-state index is 13.1. The van der Waals surface area contributed by atoms with Crippen LogP contribution in [0.2, 0.25) is 0 Å². The predicted molar refractivity (Wildman–Crippen MR) is 144 cm³/mol. The van der Waals surface area contributed by atoms with Gasteiger partial charge in [0.1, 0.15) is 11.3 Å². The number of amides is 5. The third-order valence-electron chi connectivity index (χ3n) is 7.58. The Balaban J connectivity index is 1.43. The normalized spacial score (nSPS) is 20.9. The molecular formula is C30H28N4O6. The van der Waals surface area contributed by atoms with E-state index in [2.05, 4.69) is 34.4 Å². The number of urea groups is 1. The molecule has 1 saturated carbocycles. The molecule has 0 bridgehead atoms. The number of rotatable bonds is 8. The van der Waals surface area contributed by atoms with Gasteiger partial charge >= 0.3 is 6.03 Å². The van der Waals surface area contributed by atoms with Gasteiger partial charge in [0.2, 0.25) is 11.4 Å². The Hall–Kier alpha value is -4.91. The van der Waals surface area contributed by atoms with Gasteiger partial charge in [-0.15, -0.1) is 0 Å². The van der Waals surface area contributed by atoms with Crippen LogP contribution in [0.15, 0.2) is 55.1 Å². The molecule has 5 amide bonds. The average Bonchev–Trinajstić information content (AvgIpc) is 3.70. The van der Waals surface area contributed by atoms with Crippen molar-refractivity contribution in [1.82, 2.24) is 20.9 Å². The van der Waals surface area contributed by atoms with Gasteiger partial charge in [0, 0.05) is 17.7 Å². The second-order valence-corrected chi connectivity index (χ2v) is 10.2. The van der Waals surface area contributed by atoms with Crippen LogP contribution in [-0.2, 0) is 26.5 Å². The third-order valence-corrected chi connectivity index (χ3v) is 7.58. The molecule has 1 unspecified atom stereocenters.